The van der Waals surface area contributed by atoms with Crippen molar-refractivity contribution in [2.24, 2.45) is 5.73 Å². The van der Waals surface area contributed by atoms with Crippen LogP contribution in [0.3, 0.4) is 0 Å². The third-order valence-corrected chi connectivity index (χ3v) is 5.23. The number of carbonyl (C=O) groups is 1. The Morgan fingerprint density at radius 3 is 2.60 bits per heavy atom. The van der Waals surface area contributed by atoms with Crippen molar-refractivity contribution < 1.29 is 9.32 Å². The van der Waals surface area contributed by atoms with Crippen LogP contribution in [0.2, 0.25) is 0 Å². The van der Waals surface area contributed by atoms with E-state index >= 15 is 0 Å². The summed E-state index contributed by atoms with van der Waals surface area (Å²) in [5, 5.41) is 5.24. The van der Waals surface area contributed by atoms with E-state index in [1.165, 1.54) is 4.90 Å². The predicted octanol–water partition coefficient (Wildman–Crippen LogP) is 4.14. The first-order valence-corrected chi connectivity index (χ1v) is 9.83. The van der Waals surface area contributed by atoms with Crippen molar-refractivity contribution in [1.29, 1.82) is 0 Å². The molecule has 0 saturated heterocycles. The molecule has 0 fully saturated rings. The van der Waals surface area contributed by atoms with E-state index < -0.39 is 0 Å². The molecule has 0 radical (unpaired) electrons. The van der Waals surface area contributed by atoms with Crippen LogP contribution in [0.1, 0.15) is 33.4 Å². The second-order valence-electron chi connectivity index (χ2n) is 7.58. The Bertz CT molecular complexity index is 1210. The number of para-hydroxylation sites is 1. The van der Waals surface area contributed by atoms with E-state index in [2.05, 4.69) is 10.1 Å². The highest BCUT2D eigenvalue weighted by atomic mass is 16.5. The van der Waals surface area contributed by atoms with E-state index in [1.54, 1.807) is 20.2 Å². The highest BCUT2D eigenvalue weighted by molar-refractivity contribution is 5.93. The third-order valence-electron chi connectivity index (χ3n) is 5.23. The monoisotopic (exact) mass is 400 g/mol. The third kappa shape index (κ3) is 3.69. The van der Waals surface area contributed by atoms with Gasteiger partial charge in [-0.15, -0.1) is 0 Å². The van der Waals surface area contributed by atoms with Crippen molar-refractivity contribution in [2.45, 2.75) is 19.4 Å². The van der Waals surface area contributed by atoms with Crippen LogP contribution < -0.4 is 5.73 Å². The van der Waals surface area contributed by atoms with E-state index in [9.17, 15) is 4.79 Å². The molecule has 2 heterocycles. The van der Waals surface area contributed by atoms with Gasteiger partial charge in [0.25, 0.3) is 5.91 Å². The zero-order valence-electron chi connectivity index (χ0n) is 17.3. The molecule has 0 bridgehead atoms. The molecule has 152 valence electrons. The predicted molar refractivity (Wildman–Crippen MR) is 117 cm³/mol. The van der Waals surface area contributed by atoms with Gasteiger partial charge in [-0.2, -0.15) is 0 Å². The minimum atomic E-state index is -0.312. The Morgan fingerprint density at radius 2 is 1.80 bits per heavy atom. The second-order valence-corrected chi connectivity index (χ2v) is 7.58. The van der Waals surface area contributed by atoms with E-state index in [-0.39, 0.29) is 11.9 Å². The van der Waals surface area contributed by atoms with Crippen LogP contribution in [-0.2, 0) is 6.42 Å². The van der Waals surface area contributed by atoms with E-state index in [1.807, 2.05) is 61.5 Å². The van der Waals surface area contributed by atoms with Gasteiger partial charge in [-0.3, -0.25) is 4.79 Å². The van der Waals surface area contributed by atoms with Gasteiger partial charge in [-0.05, 0) is 36.2 Å². The van der Waals surface area contributed by atoms with Gasteiger partial charge in [-0.1, -0.05) is 47.6 Å². The Kier molecular flexibility index (Phi) is 5.33. The quantitative estimate of drug-likeness (QED) is 0.544. The Hall–Kier alpha value is -3.51. The summed E-state index contributed by atoms with van der Waals surface area (Å²) in [4.78, 5) is 18.4. The van der Waals surface area contributed by atoms with Gasteiger partial charge >= 0.3 is 0 Å². The first-order valence-electron chi connectivity index (χ1n) is 9.83. The molecule has 4 rings (SSSR count). The number of rotatable bonds is 5. The Morgan fingerprint density at radius 1 is 1.07 bits per heavy atom. The molecule has 0 aliphatic carbocycles. The topological polar surface area (TPSA) is 85.2 Å². The number of aromatic nitrogens is 2. The van der Waals surface area contributed by atoms with Gasteiger partial charge in [0.05, 0.1) is 0 Å². The molecule has 30 heavy (non-hydrogen) atoms. The molecule has 1 atom stereocenters. The number of nitrogens with two attached hydrogens (primary N) is 1. The number of fused-ring (bicyclic) bond motifs is 1. The first kappa shape index (κ1) is 19.8. The highest BCUT2D eigenvalue weighted by Crippen LogP contribution is 2.33. The zero-order chi connectivity index (χ0) is 21.3. The van der Waals surface area contributed by atoms with E-state index in [0.29, 0.717) is 12.1 Å². The van der Waals surface area contributed by atoms with Crippen molar-refractivity contribution >= 4 is 16.9 Å². The molecule has 0 saturated carbocycles. The molecule has 2 aromatic heterocycles. The fraction of sp³-hybridized carbons (Fsp3) is 0.208. The van der Waals surface area contributed by atoms with Gasteiger partial charge in [0.2, 0.25) is 0 Å². The summed E-state index contributed by atoms with van der Waals surface area (Å²) in [5.41, 5.74) is 12.3. The smallest absolute Gasteiger partial charge is 0.271 e. The summed E-state index contributed by atoms with van der Waals surface area (Å²) in [6, 6.07) is 19.1. The lowest BCUT2D eigenvalue weighted by Gasteiger charge is -2.17. The number of benzene rings is 2. The fourth-order valence-electron chi connectivity index (χ4n) is 3.56. The standard InChI is InChI=1S/C24H24N4O2/c1-15-12-13-20(24(29)28(2)3)26-21(15)14-19(25)16-8-4-5-9-17(16)23-18-10-6-7-11-22(18)30-27-23/h4-13,19H,14,25H2,1-3H3/t19-/m0/s1. The van der Waals surface area contributed by atoms with Crippen molar-refractivity contribution in [3.8, 4) is 11.3 Å². The molecule has 6 nitrogen and oxygen atoms in total. The molecule has 0 aliphatic heterocycles. The first-order chi connectivity index (χ1) is 14.5. The van der Waals surface area contributed by atoms with Crippen LogP contribution in [0.5, 0.6) is 0 Å². The molecular weight excluding hydrogens is 376 g/mol. The Labute approximate surface area is 175 Å². The summed E-state index contributed by atoms with van der Waals surface area (Å²) in [6.07, 6.45) is 0.507. The maximum absolute atomic E-state index is 12.3. The van der Waals surface area contributed by atoms with Gasteiger partial charge in [0.15, 0.2) is 5.58 Å². The van der Waals surface area contributed by atoms with Crippen LogP contribution >= 0.6 is 0 Å². The summed E-state index contributed by atoms with van der Waals surface area (Å²) in [5.74, 6) is -0.126. The van der Waals surface area contributed by atoms with E-state index in [4.69, 9.17) is 10.3 Å². The summed E-state index contributed by atoms with van der Waals surface area (Å²) < 4.78 is 5.49. The molecular formula is C24H24N4O2. The number of hydrogen-bond acceptors (Lipinski definition) is 5. The zero-order valence-corrected chi connectivity index (χ0v) is 17.3. The van der Waals surface area contributed by atoms with Crippen LogP contribution in [0, 0.1) is 6.92 Å². The van der Waals surface area contributed by atoms with Crippen molar-refractivity contribution in [1.82, 2.24) is 15.0 Å². The number of pyridine rings is 1. The minimum Gasteiger partial charge on any atom is -0.356 e. The van der Waals surface area contributed by atoms with E-state index in [0.717, 1.165) is 39.0 Å². The van der Waals surface area contributed by atoms with Crippen molar-refractivity contribution in [3.63, 3.8) is 0 Å². The number of aryl methyl sites for hydroxylation is 1. The molecule has 2 N–H and O–H groups in total. The van der Waals surface area contributed by atoms with Crippen molar-refractivity contribution in [2.75, 3.05) is 14.1 Å². The Balaban J connectivity index is 1.70. The maximum atomic E-state index is 12.3. The van der Waals surface area contributed by atoms with Gasteiger partial charge < -0.3 is 15.2 Å². The molecule has 0 unspecified atom stereocenters. The lowest BCUT2D eigenvalue weighted by Crippen LogP contribution is -2.24. The number of nitrogens with zero attached hydrogens (tertiary/aromatic N) is 3. The fourth-order valence-corrected chi connectivity index (χ4v) is 3.56. The second kappa shape index (κ2) is 8.08. The SMILES string of the molecule is Cc1ccc(C(=O)N(C)C)nc1C[C@H](N)c1ccccc1-c1noc2ccccc12. The molecule has 0 aliphatic rings. The van der Waals surface area contributed by atoms with Crippen LogP contribution in [0.4, 0.5) is 0 Å². The molecule has 2 aromatic carbocycles. The van der Waals surface area contributed by atoms with Gasteiger partial charge in [0, 0.05) is 43.2 Å². The van der Waals surface area contributed by atoms with Crippen LogP contribution in [0.15, 0.2) is 65.2 Å². The summed E-state index contributed by atoms with van der Waals surface area (Å²) in [6.45, 7) is 1.98. The molecule has 1 amide bonds. The van der Waals surface area contributed by atoms with Crippen molar-refractivity contribution in [3.05, 3.63) is 83.2 Å². The average Bonchev–Trinajstić information content (AvgIpc) is 3.18. The number of carbonyl (C=O) groups excluding carboxylic acids is 1. The van der Waals surface area contributed by atoms with Crippen LogP contribution in [0.25, 0.3) is 22.2 Å². The van der Waals surface area contributed by atoms with Gasteiger partial charge in [-0.25, -0.2) is 4.98 Å². The highest BCUT2D eigenvalue weighted by Gasteiger charge is 2.19. The lowest BCUT2D eigenvalue weighted by atomic mass is 9.93. The number of hydrogen-bond donors (Lipinski definition) is 1. The maximum Gasteiger partial charge on any atom is 0.271 e. The lowest BCUT2D eigenvalue weighted by molar-refractivity contribution is 0.0821. The summed E-state index contributed by atoms with van der Waals surface area (Å²) >= 11 is 0. The van der Waals surface area contributed by atoms with Crippen LogP contribution in [-0.4, -0.2) is 35.0 Å². The molecule has 0 spiro atoms. The van der Waals surface area contributed by atoms with Gasteiger partial charge in [0.1, 0.15) is 11.4 Å². The minimum absolute atomic E-state index is 0.126. The molecule has 4 aromatic rings. The summed E-state index contributed by atoms with van der Waals surface area (Å²) in [7, 11) is 3.43. The average molecular weight is 400 g/mol. The largest absolute Gasteiger partial charge is 0.356 e. The normalized spacial score (nSPS) is 12.1. The number of amides is 1. The molecule has 6 heteroatoms.